The molecule has 0 unspecified atom stereocenters. The highest BCUT2D eigenvalue weighted by Crippen LogP contribution is 2.54. The van der Waals surface area contributed by atoms with Crippen LogP contribution in [0.25, 0.3) is 16.7 Å². The van der Waals surface area contributed by atoms with Crippen molar-refractivity contribution < 1.29 is 23.4 Å². The van der Waals surface area contributed by atoms with Crippen LogP contribution in [-0.2, 0) is 16.0 Å². The summed E-state index contributed by atoms with van der Waals surface area (Å²) in [6.45, 7) is 1.94. The quantitative estimate of drug-likeness (QED) is 0.719. The zero-order chi connectivity index (χ0) is 20.4. The Kier molecular flexibility index (Phi) is 4.30. The third-order valence-corrected chi connectivity index (χ3v) is 6.67. The predicted octanol–water partition coefficient (Wildman–Crippen LogP) is 5.49. The Balaban J connectivity index is 1.66. The first-order chi connectivity index (χ1) is 13.9. The standard InChI is InChI=1S/C23H19ClF2O3/c1-2-10-3-4-11(18-14(25)8-12(24)9-15(18)26)7-13(10)19-22(27)20-16-5-6-17(29-16)21(20)23(19)28/h3-4,7-9,16-17,20-21,27H,2,5-6H2,1H3/t16-,17+,20-,21+/m1/s1. The summed E-state index contributed by atoms with van der Waals surface area (Å²) in [6, 6.07) is 7.10. The van der Waals surface area contributed by atoms with E-state index in [-0.39, 0.29) is 51.7 Å². The molecule has 0 saturated carbocycles. The van der Waals surface area contributed by atoms with Crippen LogP contribution in [0.5, 0.6) is 0 Å². The van der Waals surface area contributed by atoms with Gasteiger partial charge in [-0.15, -0.1) is 0 Å². The number of ketones is 1. The first-order valence-corrected chi connectivity index (χ1v) is 10.2. The number of fused-ring (bicyclic) bond motifs is 5. The lowest BCUT2D eigenvalue weighted by Gasteiger charge is -2.19. The molecule has 4 atom stereocenters. The number of halogens is 3. The number of carbonyl (C=O) groups excluding carboxylic acids is 1. The average Bonchev–Trinajstić information content (AvgIpc) is 3.35. The van der Waals surface area contributed by atoms with E-state index in [2.05, 4.69) is 0 Å². The lowest BCUT2D eigenvalue weighted by molar-refractivity contribution is -0.118. The van der Waals surface area contributed by atoms with E-state index in [0.717, 1.165) is 30.5 Å². The summed E-state index contributed by atoms with van der Waals surface area (Å²) in [6.07, 6.45) is 1.98. The minimum atomic E-state index is -0.774. The average molecular weight is 417 g/mol. The summed E-state index contributed by atoms with van der Waals surface area (Å²) in [4.78, 5) is 13.2. The van der Waals surface area contributed by atoms with Crippen molar-refractivity contribution in [3.63, 3.8) is 0 Å². The first kappa shape index (κ1) is 18.8. The SMILES string of the molecule is CCc1ccc(-c2c(F)cc(Cl)cc2F)cc1C1=C(O)[C@H]2[C@@H](C1=O)[C@@H]1CC[C@H]2O1. The van der Waals surface area contributed by atoms with Gasteiger partial charge in [0, 0.05) is 5.02 Å². The van der Waals surface area contributed by atoms with Gasteiger partial charge in [0.25, 0.3) is 0 Å². The van der Waals surface area contributed by atoms with Crippen molar-refractivity contribution in [2.45, 2.75) is 38.4 Å². The molecule has 0 amide bonds. The van der Waals surface area contributed by atoms with Crippen molar-refractivity contribution in [3.8, 4) is 11.1 Å². The molecule has 2 bridgehead atoms. The summed E-state index contributed by atoms with van der Waals surface area (Å²) < 4.78 is 34.8. The molecule has 1 N–H and O–H groups in total. The van der Waals surface area contributed by atoms with E-state index in [0.29, 0.717) is 17.5 Å². The number of hydrogen-bond donors (Lipinski definition) is 1. The molecule has 0 radical (unpaired) electrons. The van der Waals surface area contributed by atoms with E-state index in [1.165, 1.54) is 0 Å². The fourth-order valence-corrected chi connectivity index (χ4v) is 5.37. The van der Waals surface area contributed by atoms with Crippen LogP contribution in [0, 0.1) is 23.5 Å². The van der Waals surface area contributed by atoms with Gasteiger partial charge in [0.05, 0.1) is 35.2 Å². The highest BCUT2D eigenvalue weighted by molar-refractivity contribution is 6.30. The molecular weight excluding hydrogens is 398 g/mol. The Bertz CT molecular complexity index is 1050. The smallest absolute Gasteiger partial charge is 0.173 e. The van der Waals surface area contributed by atoms with Gasteiger partial charge in [-0.2, -0.15) is 0 Å². The Morgan fingerprint density at radius 1 is 1.10 bits per heavy atom. The normalized spacial score (nSPS) is 27.8. The Hall–Kier alpha value is -2.24. The van der Waals surface area contributed by atoms with Crippen LogP contribution in [0.3, 0.4) is 0 Å². The van der Waals surface area contributed by atoms with Crippen LogP contribution in [-0.4, -0.2) is 23.1 Å². The minimum absolute atomic E-state index is 0.0243. The van der Waals surface area contributed by atoms with Gasteiger partial charge in [0.2, 0.25) is 0 Å². The van der Waals surface area contributed by atoms with E-state index in [4.69, 9.17) is 16.3 Å². The zero-order valence-corrected chi connectivity index (χ0v) is 16.5. The van der Waals surface area contributed by atoms with Gasteiger partial charge >= 0.3 is 0 Å². The van der Waals surface area contributed by atoms with Crippen molar-refractivity contribution in [1.82, 2.24) is 0 Å². The van der Waals surface area contributed by atoms with Crippen LogP contribution in [0.4, 0.5) is 8.78 Å². The lowest BCUT2D eigenvalue weighted by Crippen LogP contribution is -2.29. The summed E-state index contributed by atoms with van der Waals surface area (Å²) in [5.41, 5.74) is 1.75. The maximum absolute atomic E-state index is 14.5. The number of Topliss-reactive ketones (excluding diaryl/α,β-unsaturated/α-hetero) is 1. The molecular formula is C23H19ClF2O3. The van der Waals surface area contributed by atoms with Gasteiger partial charge in [-0.1, -0.05) is 30.7 Å². The Morgan fingerprint density at radius 2 is 1.76 bits per heavy atom. The number of aryl methyl sites for hydroxylation is 1. The van der Waals surface area contributed by atoms with Crippen molar-refractivity contribution >= 4 is 23.0 Å². The molecule has 0 aromatic heterocycles. The number of aliphatic hydroxyl groups excluding tert-OH is 1. The Labute approximate surface area is 171 Å². The van der Waals surface area contributed by atoms with Gasteiger partial charge in [-0.25, -0.2) is 8.78 Å². The number of ether oxygens (including phenoxy) is 1. The lowest BCUT2D eigenvalue weighted by atomic mass is 9.80. The zero-order valence-electron chi connectivity index (χ0n) is 15.7. The second kappa shape index (κ2) is 6.64. The van der Waals surface area contributed by atoms with Gasteiger partial charge in [0.15, 0.2) is 5.78 Å². The van der Waals surface area contributed by atoms with Crippen molar-refractivity contribution in [2.75, 3.05) is 0 Å². The topological polar surface area (TPSA) is 46.5 Å². The van der Waals surface area contributed by atoms with Crippen molar-refractivity contribution in [1.29, 1.82) is 0 Å². The summed E-state index contributed by atoms with van der Waals surface area (Å²) in [5.74, 6) is -2.30. The number of allylic oxidation sites excluding steroid dienone is 1. The summed E-state index contributed by atoms with van der Waals surface area (Å²) >= 11 is 5.74. The number of carbonyl (C=O) groups is 1. The molecule has 2 aromatic rings. The summed E-state index contributed by atoms with van der Waals surface area (Å²) in [5, 5.41) is 10.9. The first-order valence-electron chi connectivity index (χ1n) is 9.81. The van der Waals surface area contributed by atoms with E-state index >= 15 is 0 Å². The van der Waals surface area contributed by atoms with Crippen molar-refractivity contribution in [2.24, 2.45) is 11.8 Å². The monoisotopic (exact) mass is 416 g/mol. The molecule has 150 valence electrons. The van der Waals surface area contributed by atoms with Crippen LogP contribution in [0.2, 0.25) is 5.02 Å². The van der Waals surface area contributed by atoms with E-state index in [1.807, 2.05) is 6.92 Å². The maximum atomic E-state index is 14.5. The molecule has 2 aliphatic heterocycles. The van der Waals surface area contributed by atoms with Crippen LogP contribution < -0.4 is 0 Å². The van der Waals surface area contributed by atoms with Crippen LogP contribution in [0.15, 0.2) is 36.1 Å². The number of benzene rings is 2. The molecule has 6 heteroatoms. The fourth-order valence-electron chi connectivity index (χ4n) is 5.18. The van der Waals surface area contributed by atoms with Crippen LogP contribution in [0.1, 0.15) is 30.9 Å². The molecule has 2 heterocycles. The predicted molar refractivity (Wildman–Crippen MR) is 106 cm³/mol. The minimum Gasteiger partial charge on any atom is -0.511 e. The molecule has 5 rings (SSSR count). The number of hydrogen-bond acceptors (Lipinski definition) is 3. The number of aliphatic hydroxyl groups is 1. The van der Waals surface area contributed by atoms with Crippen LogP contribution >= 0.6 is 11.6 Å². The summed E-state index contributed by atoms with van der Waals surface area (Å²) in [7, 11) is 0. The van der Waals surface area contributed by atoms with Crippen molar-refractivity contribution in [3.05, 3.63) is 63.9 Å². The molecule has 3 nitrogen and oxygen atoms in total. The largest absolute Gasteiger partial charge is 0.511 e. The molecule has 2 saturated heterocycles. The second-order valence-electron chi connectivity index (χ2n) is 7.94. The fraction of sp³-hybridized carbons (Fsp3) is 0.348. The molecule has 2 fully saturated rings. The van der Waals surface area contributed by atoms with E-state index < -0.39 is 11.6 Å². The number of rotatable bonds is 3. The molecule has 29 heavy (non-hydrogen) atoms. The molecule has 3 aliphatic rings. The van der Waals surface area contributed by atoms with Gasteiger partial charge in [-0.05, 0) is 54.2 Å². The van der Waals surface area contributed by atoms with E-state index in [9.17, 15) is 18.7 Å². The molecule has 1 aliphatic carbocycles. The Morgan fingerprint density at radius 3 is 2.38 bits per heavy atom. The van der Waals surface area contributed by atoms with E-state index in [1.54, 1.807) is 18.2 Å². The van der Waals surface area contributed by atoms with Gasteiger partial charge < -0.3 is 9.84 Å². The highest BCUT2D eigenvalue weighted by atomic mass is 35.5. The third-order valence-electron chi connectivity index (χ3n) is 6.45. The molecule has 0 spiro atoms. The van der Waals surface area contributed by atoms with Gasteiger partial charge in [-0.3, -0.25) is 4.79 Å². The van der Waals surface area contributed by atoms with Gasteiger partial charge in [0.1, 0.15) is 17.4 Å². The maximum Gasteiger partial charge on any atom is 0.173 e. The third kappa shape index (κ3) is 2.67. The highest BCUT2D eigenvalue weighted by Gasteiger charge is 2.59. The molecule has 2 aromatic carbocycles. The second-order valence-corrected chi connectivity index (χ2v) is 8.37.